The van der Waals surface area contributed by atoms with Gasteiger partial charge in [-0.15, -0.1) is 0 Å². The predicted molar refractivity (Wildman–Crippen MR) is 101 cm³/mol. The van der Waals surface area contributed by atoms with Crippen molar-refractivity contribution in [2.24, 2.45) is 0 Å². The summed E-state index contributed by atoms with van der Waals surface area (Å²) in [6.07, 6.45) is 3.32. The highest BCUT2D eigenvalue weighted by Crippen LogP contribution is 2.28. The molecule has 4 rings (SSSR count). The van der Waals surface area contributed by atoms with E-state index in [-0.39, 0.29) is 23.9 Å². The van der Waals surface area contributed by atoms with Crippen molar-refractivity contribution in [3.8, 4) is 0 Å². The number of benzene rings is 2. The molecular weight excluding hydrogens is 345 g/mol. The van der Waals surface area contributed by atoms with E-state index in [1.54, 1.807) is 0 Å². The van der Waals surface area contributed by atoms with E-state index >= 15 is 0 Å². The first-order valence-corrected chi connectivity index (χ1v) is 9.01. The number of fused-ring (bicyclic) bond motifs is 1. The van der Waals surface area contributed by atoms with Crippen LogP contribution in [0.2, 0.25) is 0 Å². The van der Waals surface area contributed by atoms with E-state index in [9.17, 15) is 14.0 Å². The van der Waals surface area contributed by atoms with Gasteiger partial charge >= 0.3 is 0 Å². The third-order valence-electron chi connectivity index (χ3n) is 4.87. The molecule has 2 aromatic carbocycles. The van der Waals surface area contributed by atoms with Crippen LogP contribution in [0.1, 0.15) is 24.0 Å². The van der Waals surface area contributed by atoms with Gasteiger partial charge in [0, 0.05) is 12.6 Å². The van der Waals surface area contributed by atoms with Gasteiger partial charge in [0.2, 0.25) is 5.91 Å². The molecule has 1 aliphatic carbocycles. The van der Waals surface area contributed by atoms with Crippen LogP contribution in [-0.2, 0) is 17.9 Å². The summed E-state index contributed by atoms with van der Waals surface area (Å²) in [5.74, 6) is -0.623. The summed E-state index contributed by atoms with van der Waals surface area (Å²) < 4.78 is 14.7. The summed E-state index contributed by atoms with van der Waals surface area (Å²) in [7, 11) is 0. The summed E-state index contributed by atoms with van der Waals surface area (Å²) in [4.78, 5) is 31.5. The summed E-state index contributed by atoms with van der Waals surface area (Å²) >= 11 is 0. The number of carbonyl (C=O) groups is 1. The van der Waals surface area contributed by atoms with Crippen LogP contribution in [0.5, 0.6) is 0 Å². The van der Waals surface area contributed by atoms with Crippen LogP contribution >= 0.6 is 0 Å². The zero-order valence-electron chi connectivity index (χ0n) is 15.1. The van der Waals surface area contributed by atoms with Gasteiger partial charge in [-0.05, 0) is 43.5 Å². The number of carbonyl (C=O) groups excluding carboxylic acids is 1. The van der Waals surface area contributed by atoms with Crippen molar-refractivity contribution in [2.45, 2.75) is 38.9 Å². The van der Waals surface area contributed by atoms with Gasteiger partial charge in [-0.2, -0.15) is 0 Å². The van der Waals surface area contributed by atoms with Crippen molar-refractivity contribution in [1.82, 2.24) is 14.5 Å². The average Bonchev–Trinajstić information content (AvgIpc) is 3.49. The van der Waals surface area contributed by atoms with Crippen molar-refractivity contribution in [1.29, 1.82) is 0 Å². The molecule has 6 heteroatoms. The summed E-state index contributed by atoms with van der Waals surface area (Å²) in [6.45, 7) is 2.45. The molecule has 1 fully saturated rings. The van der Waals surface area contributed by atoms with Crippen molar-refractivity contribution >= 4 is 16.8 Å². The topological polar surface area (TPSA) is 55.2 Å². The largest absolute Gasteiger partial charge is 0.334 e. The molecule has 1 heterocycles. The van der Waals surface area contributed by atoms with Crippen molar-refractivity contribution in [2.75, 3.05) is 0 Å². The van der Waals surface area contributed by atoms with Gasteiger partial charge in [-0.3, -0.25) is 14.2 Å². The van der Waals surface area contributed by atoms with Crippen LogP contribution in [0.4, 0.5) is 4.39 Å². The van der Waals surface area contributed by atoms with Crippen LogP contribution < -0.4 is 5.56 Å². The molecule has 0 radical (unpaired) electrons. The number of halogens is 1. The molecule has 1 saturated carbocycles. The Bertz CT molecular complexity index is 1060. The van der Waals surface area contributed by atoms with Gasteiger partial charge in [0.05, 0.1) is 17.2 Å². The molecule has 1 aliphatic rings. The Balaban J connectivity index is 1.58. The van der Waals surface area contributed by atoms with Gasteiger partial charge in [-0.1, -0.05) is 29.8 Å². The lowest BCUT2D eigenvalue weighted by Crippen LogP contribution is -2.37. The first-order chi connectivity index (χ1) is 13.0. The zero-order valence-corrected chi connectivity index (χ0v) is 15.1. The summed E-state index contributed by atoms with van der Waals surface area (Å²) in [5.41, 5.74) is 2.25. The molecule has 0 N–H and O–H groups in total. The number of aromatic nitrogens is 2. The van der Waals surface area contributed by atoms with Gasteiger partial charge in [0.15, 0.2) is 0 Å². The SMILES string of the molecule is Cc1ccc(CN(C(=O)Cn2cnc3ccc(F)cc3c2=O)C2CC2)cc1. The number of rotatable bonds is 5. The highest BCUT2D eigenvalue weighted by atomic mass is 19.1. The average molecular weight is 365 g/mol. The van der Waals surface area contributed by atoms with E-state index in [2.05, 4.69) is 4.98 Å². The van der Waals surface area contributed by atoms with Crippen molar-refractivity contribution in [3.63, 3.8) is 0 Å². The third kappa shape index (κ3) is 3.74. The molecule has 0 atom stereocenters. The number of amides is 1. The van der Waals surface area contributed by atoms with E-state index in [1.807, 2.05) is 36.1 Å². The molecule has 3 aromatic rings. The molecule has 138 valence electrons. The van der Waals surface area contributed by atoms with Crippen LogP contribution in [-0.4, -0.2) is 26.4 Å². The van der Waals surface area contributed by atoms with Crippen molar-refractivity contribution < 1.29 is 9.18 Å². The van der Waals surface area contributed by atoms with Gasteiger partial charge in [0.1, 0.15) is 12.4 Å². The lowest BCUT2D eigenvalue weighted by atomic mass is 10.1. The smallest absolute Gasteiger partial charge is 0.261 e. The number of hydrogen-bond acceptors (Lipinski definition) is 3. The second-order valence-electron chi connectivity index (χ2n) is 7.08. The highest BCUT2D eigenvalue weighted by molar-refractivity contribution is 5.79. The quantitative estimate of drug-likeness (QED) is 0.698. The standard InChI is InChI=1S/C21H20FN3O2/c1-14-2-4-15(5-3-14)11-25(17-7-8-17)20(26)12-24-13-23-19-9-6-16(22)10-18(19)21(24)27/h2-6,9-10,13,17H,7-8,11-12H2,1H3. The molecule has 27 heavy (non-hydrogen) atoms. The van der Waals surface area contributed by atoms with Gasteiger partial charge in [0.25, 0.3) is 5.56 Å². The normalized spacial score (nSPS) is 13.7. The molecule has 1 aromatic heterocycles. The van der Waals surface area contributed by atoms with Crippen LogP contribution in [0.15, 0.2) is 53.6 Å². The minimum Gasteiger partial charge on any atom is -0.334 e. The first kappa shape index (κ1) is 17.4. The zero-order chi connectivity index (χ0) is 19.0. The molecule has 0 saturated heterocycles. The lowest BCUT2D eigenvalue weighted by Gasteiger charge is -2.23. The van der Waals surface area contributed by atoms with E-state index in [4.69, 9.17) is 0 Å². The molecule has 1 amide bonds. The van der Waals surface area contributed by atoms with Crippen LogP contribution in [0, 0.1) is 12.7 Å². The molecule has 0 spiro atoms. The fourth-order valence-corrected chi connectivity index (χ4v) is 3.18. The maximum atomic E-state index is 13.5. The van der Waals surface area contributed by atoms with Crippen LogP contribution in [0.25, 0.3) is 10.9 Å². The number of aryl methyl sites for hydroxylation is 1. The third-order valence-corrected chi connectivity index (χ3v) is 4.87. The Morgan fingerprint density at radius 3 is 2.67 bits per heavy atom. The fourth-order valence-electron chi connectivity index (χ4n) is 3.18. The minimum absolute atomic E-state index is 0.0966. The van der Waals surface area contributed by atoms with E-state index in [0.29, 0.717) is 12.1 Å². The Morgan fingerprint density at radius 2 is 1.96 bits per heavy atom. The Hall–Kier alpha value is -3.02. The Morgan fingerprint density at radius 1 is 1.22 bits per heavy atom. The molecule has 0 unspecified atom stereocenters. The second-order valence-corrected chi connectivity index (χ2v) is 7.08. The Kier molecular flexibility index (Phi) is 4.48. The monoisotopic (exact) mass is 365 g/mol. The van der Waals surface area contributed by atoms with Gasteiger partial charge < -0.3 is 4.90 Å². The fraction of sp³-hybridized carbons (Fsp3) is 0.286. The minimum atomic E-state index is -0.496. The molecular formula is C21H20FN3O2. The van der Waals surface area contributed by atoms with E-state index in [0.717, 1.165) is 24.5 Å². The summed E-state index contributed by atoms with van der Waals surface area (Å²) in [5, 5.41) is 0.182. The summed E-state index contributed by atoms with van der Waals surface area (Å²) in [6, 6.07) is 12.2. The molecule has 0 aliphatic heterocycles. The Labute approximate surface area is 156 Å². The second kappa shape index (κ2) is 6.95. The highest BCUT2D eigenvalue weighted by Gasteiger charge is 2.32. The maximum absolute atomic E-state index is 13.5. The van der Waals surface area contributed by atoms with E-state index < -0.39 is 11.4 Å². The maximum Gasteiger partial charge on any atom is 0.261 e. The van der Waals surface area contributed by atoms with Crippen LogP contribution in [0.3, 0.4) is 0 Å². The predicted octanol–water partition coefficient (Wildman–Crippen LogP) is 3.04. The number of nitrogens with zero attached hydrogens (tertiary/aromatic N) is 3. The van der Waals surface area contributed by atoms with Gasteiger partial charge in [-0.25, -0.2) is 9.37 Å². The first-order valence-electron chi connectivity index (χ1n) is 9.01. The molecule has 0 bridgehead atoms. The van der Waals surface area contributed by atoms with Crippen molar-refractivity contribution in [3.05, 3.63) is 76.1 Å². The lowest BCUT2D eigenvalue weighted by molar-refractivity contribution is -0.133. The van der Waals surface area contributed by atoms with E-state index in [1.165, 1.54) is 28.6 Å². The number of hydrogen-bond donors (Lipinski definition) is 0. The molecule has 5 nitrogen and oxygen atoms in total.